The van der Waals surface area contributed by atoms with Gasteiger partial charge in [0.2, 0.25) is 5.91 Å². The molecule has 1 aromatic rings. The highest BCUT2D eigenvalue weighted by molar-refractivity contribution is 5.91. The van der Waals surface area contributed by atoms with E-state index >= 15 is 0 Å². The summed E-state index contributed by atoms with van der Waals surface area (Å²) in [5, 5.41) is 2.89. The lowest BCUT2D eigenvalue weighted by atomic mass is 9.90. The van der Waals surface area contributed by atoms with Gasteiger partial charge in [-0.25, -0.2) is 0 Å². The summed E-state index contributed by atoms with van der Waals surface area (Å²) in [6, 6.07) is 5.58. The summed E-state index contributed by atoms with van der Waals surface area (Å²) in [6.45, 7) is 8.35. The number of hydrogen-bond donors (Lipinski definition) is 2. The largest absolute Gasteiger partial charge is 0.398 e. The van der Waals surface area contributed by atoms with Gasteiger partial charge < -0.3 is 11.1 Å². The average molecular weight is 286 g/mol. The van der Waals surface area contributed by atoms with E-state index in [0.717, 1.165) is 17.7 Å². The molecule has 3 N–H and O–H groups in total. The van der Waals surface area contributed by atoms with Gasteiger partial charge in [-0.2, -0.15) is 0 Å². The first-order valence-electron chi connectivity index (χ1n) is 7.30. The van der Waals surface area contributed by atoms with Crippen LogP contribution in [0.3, 0.4) is 0 Å². The summed E-state index contributed by atoms with van der Waals surface area (Å²) in [5.41, 5.74) is 8.51. The molecule has 114 valence electrons. The first kappa shape index (κ1) is 17.0. The second-order valence-electron chi connectivity index (χ2n) is 6.34. The average Bonchev–Trinajstić information content (AvgIpc) is 2.38. The van der Waals surface area contributed by atoms with Gasteiger partial charge in [-0.05, 0) is 36.5 Å². The highest BCUT2D eigenvalue weighted by atomic mass is 16.1. The summed E-state index contributed by atoms with van der Waals surface area (Å²) < 4.78 is 0. The van der Waals surface area contributed by atoms with Crippen LogP contribution in [-0.4, -0.2) is 5.91 Å². The number of carbonyl (C=O) groups excluding carboxylic acids is 1. The molecule has 0 aromatic heterocycles. The van der Waals surface area contributed by atoms with E-state index in [2.05, 4.69) is 26.1 Å². The van der Waals surface area contributed by atoms with Crippen LogP contribution in [0.1, 0.15) is 46.1 Å². The normalized spacial score (nSPS) is 12.2. The third-order valence-corrected chi connectivity index (χ3v) is 3.05. The van der Waals surface area contributed by atoms with E-state index in [4.69, 9.17) is 5.73 Å². The lowest BCUT2D eigenvalue weighted by molar-refractivity contribution is -0.116. The molecule has 21 heavy (non-hydrogen) atoms. The van der Waals surface area contributed by atoms with Gasteiger partial charge >= 0.3 is 0 Å². The van der Waals surface area contributed by atoms with E-state index < -0.39 is 0 Å². The number of benzene rings is 1. The van der Waals surface area contributed by atoms with Crippen molar-refractivity contribution in [2.24, 2.45) is 5.41 Å². The van der Waals surface area contributed by atoms with Crippen molar-refractivity contribution >= 4 is 23.4 Å². The van der Waals surface area contributed by atoms with Gasteiger partial charge in [0, 0.05) is 17.8 Å². The summed E-state index contributed by atoms with van der Waals surface area (Å²) >= 11 is 0. The molecule has 0 heterocycles. The lowest BCUT2D eigenvalue weighted by Gasteiger charge is -2.17. The minimum absolute atomic E-state index is 0.0292. The summed E-state index contributed by atoms with van der Waals surface area (Å²) in [7, 11) is 0. The van der Waals surface area contributed by atoms with Crippen LogP contribution in [0.5, 0.6) is 0 Å². The van der Waals surface area contributed by atoms with Crippen LogP contribution in [0.4, 0.5) is 11.4 Å². The predicted octanol–water partition coefficient (Wildman–Crippen LogP) is 4.62. The summed E-state index contributed by atoms with van der Waals surface area (Å²) in [5.74, 6) is 0.0292. The highest BCUT2D eigenvalue weighted by Gasteiger charge is 2.13. The fraction of sp³-hybridized carbons (Fsp3) is 0.389. The van der Waals surface area contributed by atoms with E-state index in [9.17, 15) is 4.79 Å². The summed E-state index contributed by atoms with van der Waals surface area (Å²) in [4.78, 5) is 11.9. The van der Waals surface area contributed by atoms with Crippen molar-refractivity contribution in [3.63, 3.8) is 0 Å². The van der Waals surface area contributed by atoms with Gasteiger partial charge in [0.25, 0.3) is 0 Å². The number of amides is 1. The predicted molar refractivity (Wildman–Crippen MR) is 92.0 cm³/mol. The van der Waals surface area contributed by atoms with Crippen molar-refractivity contribution in [1.82, 2.24) is 0 Å². The van der Waals surface area contributed by atoms with Crippen LogP contribution in [-0.2, 0) is 4.79 Å². The fourth-order valence-electron chi connectivity index (χ4n) is 1.79. The lowest BCUT2D eigenvalue weighted by Crippen LogP contribution is -2.15. The molecule has 1 rings (SSSR count). The van der Waals surface area contributed by atoms with Crippen molar-refractivity contribution in [3.05, 3.63) is 42.0 Å². The standard InChI is InChI=1S/C18H26N2O/c1-5-6-7-8-14-9-10-15(13-16(14)19)20-17(21)11-12-18(2,3)4/h5-10,13H,11-12,19H2,1-4H3,(H,20,21)/b6-5-,8-7-. The van der Waals surface area contributed by atoms with Crippen LogP contribution < -0.4 is 11.1 Å². The van der Waals surface area contributed by atoms with Crippen LogP contribution in [0.15, 0.2) is 36.4 Å². The Labute approximate surface area is 127 Å². The zero-order valence-corrected chi connectivity index (χ0v) is 13.4. The Morgan fingerprint density at radius 1 is 1.29 bits per heavy atom. The number of allylic oxidation sites excluding steroid dienone is 3. The Kier molecular flexibility index (Phi) is 6.22. The first-order chi connectivity index (χ1) is 9.81. The molecule has 0 unspecified atom stereocenters. The second-order valence-corrected chi connectivity index (χ2v) is 6.34. The highest BCUT2D eigenvalue weighted by Crippen LogP contribution is 2.22. The zero-order chi connectivity index (χ0) is 15.9. The molecular formula is C18H26N2O. The maximum absolute atomic E-state index is 11.9. The quantitative estimate of drug-likeness (QED) is 0.613. The SMILES string of the molecule is C/C=C\C=C/c1ccc(NC(=O)CCC(C)(C)C)cc1N. The van der Waals surface area contributed by atoms with Gasteiger partial charge in [0.1, 0.15) is 0 Å². The maximum atomic E-state index is 11.9. The Morgan fingerprint density at radius 2 is 2.00 bits per heavy atom. The Balaban J connectivity index is 2.65. The Morgan fingerprint density at radius 3 is 2.57 bits per heavy atom. The minimum Gasteiger partial charge on any atom is -0.398 e. The van der Waals surface area contributed by atoms with Crippen molar-refractivity contribution in [3.8, 4) is 0 Å². The molecule has 0 bridgehead atoms. The van der Waals surface area contributed by atoms with Crippen molar-refractivity contribution in [2.75, 3.05) is 11.1 Å². The van der Waals surface area contributed by atoms with Crippen LogP contribution in [0.2, 0.25) is 0 Å². The number of anilines is 2. The van der Waals surface area contributed by atoms with Gasteiger partial charge in [-0.1, -0.05) is 51.1 Å². The van der Waals surface area contributed by atoms with Gasteiger partial charge in [0.05, 0.1) is 0 Å². The number of nitrogens with two attached hydrogens (primary N) is 1. The van der Waals surface area contributed by atoms with E-state index in [1.165, 1.54) is 0 Å². The van der Waals surface area contributed by atoms with Gasteiger partial charge in [-0.3, -0.25) is 4.79 Å². The number of hydrogen-bond acceptors (Lipinski definition) is 2. The molecule has 0 fully saturated rings. The van der Waals surface area contributed by atoms with Crippen molar-refractivity contribution in [2.45, 2.75) is 40.5 Å². The van der Waals surface area contributed by atoms with Crippen molar-refractivity contribution < 1.29 is 4.79 Å². The molecule has 0 spiro atoms. The fourth-order valence-corrected chi connectivity index (χ4v) is 1.79. The van der Waals surface area contributed by atoms with Gasteiger partial charge in [-0.15, -0.1) is 0 Å². The molecule has 0 atom stereocenters. The zero-order valence-electron chi connectivity index (χ0n) is 13.4. The van der Waals surface area contributed by atoms with Gasteiger partial charge in [0.15, 0.2) is 0 Å². The monoisotopic (exact) mass is 286 g/mol. The number of nitrogen functional groups attached to an aromatic ring is 1. The Hall–Kier alpha value is -2.03. The second kappa shape index (κ2) is 7.67. The molecule has 0 radical (unpaired) electrons. The molecule has 1 aromatic carbocycles. The maximum Gasteiger partial charge on any atom is 0.224 e. The molecule has 0 aliphatic rings. The van der Waals surface area contributed by atoms with E-state index in [0.29, 0.717) is 12.1 Å². The van der Waals surface area contributed by atoms with E-state index in [1.54, 1.807) is 6.07 Å². The molecule has 0 aliphatic carbocycles. The van der Waals surface area contributed by atoms with Crippen LogP contribution in [0, 0.1) is 5.41 Å². The molecule has 3 heteroatoms. The van der Waals surface area contributed by atoms with E-state index in [1.807, 2.05) is 43.4 Å². The smallest absolute Gasteiger partial charge is 0.224 e. The van der Waals surface area contributed by atoms with Crippen molar-refractivity contribution in [1.29, 1.82) is 0 Å². The van der Waals surface area contributed by atoms with Crippen LogP contribution in [0.25, 0.3) is 6.08 Å². The molecular weight excluding hydrogens is 260 g/mol. The van der Waals surface area contributed by atoms with Crippen LogP contribution >= 0.6 is 0 Å². The van der Waals surface area contributed by atoms with E-state index in [-0.39, 0.29) is 11.3 Å². The number of carbonyl (C=O) groups is 1. The third-order valence-electron chi connectivity index (χ3n) is 3.05. The molecule has 3 nitrogen and oxygen atoms in total. The Bertz CT molecular complexity index is 537. The number of nitrogens with one attached hydrogen (secondary N) is 1. The minimum atomic E-state index is 0.0292. The third kappa shape index (κ3) is 6.80. The molecule has 1 amide bonds. The topological polar surface area (TPSA) is 55.1 Å². The first-order valence-corrected chi connectivity index (χ1v) is 7.30. The number of rotatable bonds is 5. The molecule has 0 saturated heterocycles. The summed E-state index contributed by atoms with van der Waals surface area (Å²) in [6.07, 6.45) is 9.16. The molecule has 0 aliphatic heterocycles. The molecule has 0 saturated carbocycles.